The van der Waals surface area contributed by atoms with Gasteiger partial charge in [0, 0.05) is 58.8 Å². The standard InChI is InChI=1S/2C6H14N3.2CH3.Ni/c2*1-6-7(2)5-8(3)9(6)4;;;/h2*5-6H,1-4H3;2*1H3;/q2*+1;2*-1;. The quantitative estimate of drug-likeness (QED) is 0.483. The Hall–Kier alpha value is -0.00649. The molecule has 0 spiro atoms. The molecule has 0 aromatic heterocycles. The number of rotatable bonds is 0. The van der Waals surface area contributed by atoms with Crippen LogP contribution in [-0.2, 0) is 16.5 Å². The Bertz CT molecular complexity index is 218. The van der Waals surface area contributed by atoms with Crippen molar-refractivity contribution in [2.75, 3.05) is 42.3 Å². The minimum Gasteiger partial charge on any atom is -0.358 e. The molecule has 2 fully saturated rings. The van der Waals surface area contributed by atoms with E-state index < -0.39 is 0 Å². The Morgan fingerprint density at radius 3 is 0.905 bits per heavy atom. The van der Waals surface area contributed by atoms with Crippen LogP contribution in [0.4, 0.5) is 0 Å². The number of hydrogen-bond acceptors (Lipinski definition) is 6. The fourth-order valence-corrected chi connectivity index (χ4v) is 1.94. The summed E-state index contributed by atoms with van der Waals surface area (Å²) in [4.78, 5) is 4.33. The zero-order valence-electron chi connectivity index (χ0n) is 15.3. The second kappa shape index (κ2) is 10.7. The van der Waals surface area contributed by atoms with Gasteiger partial charge in [-0.25, -0.2) is 0 Å². The predicted octanol–water partition coefficient (Wildman–Crippen LogP) is 1.25. The first-order chi connectivity index (χ1) is 8.25. The van der Waals surface area contributed by atoms with E-state index in [1.807, 2.05) is 14.1 Å². The Morgan fingerprint density at radius 2 is 0.857 bits per heavy atom. The fourth-order valence-electron chi connectivity index (χ4n) is 1.94. The zero-order chi connectivity index (χ0) is 14.0. The number of nitrogens with zero attached hydrogens (tertiary/aromatic N) is 6. The van der Waals surface area contributed by atoms with Crippen molar-refractivity contribution in [1.29, 1.82) is 0 Å². The third-order valence-corrected chi connectivity index (χ3v) is 3.95. The molecule has 0 N–H and O–H groups in total. The Morgan fingerprint density at radius 1 is 0.619 bits per heavy atom. The van der Waals surface area contributed by atoms with Crippen LogP contribution in [0.2, 0.25) is 0 Å². The van der Waals surface area contributed by atoms with Crippen molar-refractivity contribution in [3.8, 4) is 0 Å². The molecule has 2 saturated heterocycles. The molecule has 0 saturated carbocycles. The van der Waals surface area contributed by atoms with Crippen LogP contribution in [0.15, 0.2) is 0 Å². The molecular formula is C14H34N6Ni. The van der Waals surface area contributed by atoms with E-state index in [2.05, 4.69) is 85.2 Å². The van der Waals surface area contributed by atoms with E-state index in [0.29, 0.717) is 12.3 Å². The van der Waals surface area contributed by atoms with Crippen molar-refractivity contribution in [3.63, 3.8) is 0 Å². The Labute approximate surface area is 143 Å². The molecule has 7 heteroatoms. The molecule has 21 heavy (non-hydrogen) atoms. The molecule has 130 valence electrons. The molecule has 2 unspecified atom stereocenters. The molecule has 2 atom stereocenters. The van der Waals surface area contributed by atoms with Crippen molar-refractivity contribution in [2.24, 2.45) is 0 Å². The molecule has 0 bridgehead atoms. The van der Waals surface area contributed by atoms with Crippen LogP contribution in [0.1, 0.15) is 13.8 Å². The van der Waals surface area contributed by atoms with E-state index in [9.17, 15) is 0 Å². The summed E-state index contributed by atoms with van der Waals surface area (Å²) in [6.07, 6.45) is 0.991. The van der Waals surface area contributed by atoms with Crippen molar-refractivity contribution in [1.82, 2.24) is 29.8 Å². The molecule has 2 rings (SSSR count). The molecule has 6 nitrogen and oxygen atoms in total. The van der Waals surface area contributed by atoms with Gasteiger partial charge in [0.2, 0.25) is 0 Å². The summed E-state index contributed by atoms with van der Waals surface area (Å²) < 4.78 is 0. The topological polar surface area (TPSA) is 19.4 Å². The second-order valence-electron chi connectivity index (χ2n) is 5.12. The number of hydrazine groups is 2. The van der Waals surface area contributed by atoms with Gasteiger partial charge in [-0.15, -0.1) is 9.80 Å². The summed E-state index contributed by atoms with van der Waals surface area (Å²) in [6, 6.07) is 0. The summed E-state index contributed by atoms with van der Waals surface area (Å²) >= 11 is 0. The van der Waals surface area contributed by atoms with E-state index in [1.165, 1.54) is 0 Å². The van der Waals surface area contributed by atoms with Crippen LogP contribution in [-0.4, -0.2) is 84.5 Å². The van der Waals surface area contributed by atoms with Gasteiger partial charge in [0.1, 0.15) is 12.3 Å². The molecule has 2 aliphatic rings. The monoisotopic (exact) mass is 344 g/mol. The average Bonchev–Trinajstić information content (AvgIpc) is 2.66. The van der Waals surface area contributed by atoms with Gasteiger partial charge in [-0.05, 0) is 13.8 Å². The van der Waals surface area contributed by atoms with Crippen LogP contribution in [0.3, 0.4) is 0 Å². The molecule has 0 aromatic rings. The first kappa shape index (κ1) is 25.9. The molecule has 0 aliphatic carbocycles. The van der Waals surface area contributed by atoms with Crippen LogP contribution in [0, 0.1) is 28.2 Å². The molecule has 0 amide bonds. The largest absolute Gasteiger partial charge is 0.358 e. The van der Waals surface area contributed by atoms with Gasteiger partial charge in [0.05, 0.1) is 0 Å². The second-order valence-corrected chi connectivity index (χ2v) is 5.12. The minimum absolute atomic E-state index is 0. The summed E-state index contributed by atoms with van der Waals surface area (Å²) in [6.45, 7) is 8.48. The maximum absolute atomic E-state index is 2.17. The van der Waals surface area contributed by atoms with Crippen molar-refractivity contribution >= 4 is 0 Å². The first-order valence-corrected chi connectivity index (χ1v) is 6.30. The smallest absolute Gasteiger partial charge is 0.260 e. The van der Waals surface area contributed by atoms with E-state index >= 15 is 0 Å². The van der Waals surface area contributed by atoms with E-state index in [-0.39, 0.29) is 31.3 Å². The van der Waals surface area contributed by atoms with Crippen molar-refractivity contribution in [3.05, 3.63) is 28.2 Å². The number of hydrogen-bond donors (Lipinski definition) is 0. The van der Waals surface area contributed by atoms with Crippen LogP contribution in [0.5, 0.6) is 0 Å². The summed E-state index contributed by atoms with van der Waals surface area (Å²) in [7, 11) is 12.4. The van der Waals surface area contributed by atoms with Gasteiger partial charge >= 0.3 is 0 Å². The third-order valence-electron chi connectivity index (χ3n) is 3.95. The summed E-state index contributed by atoms with van der Waals surface area (Å²) in [5.74, 6) is 0. The van der Waals surface area contributed by atoms with E-state index in [1.54, 1.807) is 0 Å². The maximum Gasteiger partial charge on any atom is 0.260 e. The van der Waals surface area contributed by atoms with E-state index in [0.717, 1.165) is 0 Å². The first-order valence-electron chi connectivity index (χ1n) is 6.30. The molecular weight excluding hydrogens is 311 g/mol. The van der Waals surface area contributed by atoms with Gasteiger partial charge < -0.3 is 14.9 Å². The van der Waals surface area contributed by atoms with Gasteiger partial charge in [-0.3, -0.25) is 0 Å². The minimum atomic E-state index is 0. The fraction of sp³-hybridized carbons (Fsp3) is 0.714. The van der Waals surface area contributed by atoms with Crippen LogP contribution >= 0.6 is 0 Å². The molecule has 0 radical (unpaired) electrons. The summed E-state index contributed by atoms with van der Waals surface area (Å²) in [5.41, 5.74) is 0. The Balaban J connectivity index is -0.000000270. The summed E-state index contributed by atoms with van der Waals surface area (Å²) in [5, 5.41) is 8.48. The maximum atomic E-state index is 2.17. The van der Waals surface area contributed by atoms with Gasteiger partial charge in [0.15, 0.2) is 0 Å². The normalized spacial score (nSPS) is 28.4. The van der Waals surface area contributed by atoms with Gasteiger partial charge in [-0.1, -0.05) is 10.0 Å². The SMILES string of the molecule is CC1N(C)[CH+]N(C)N1C.CC1N(C)[CH+]N(C)N1C.[CH3-].[CH3-].[Ni]. The van der Waals surface area contributed by atoms with Gasteiger partial charge in [0.25, 0.3) is 13.3 Å². The van der Waals surface area contributed by atoms with E-state index in [4.69, 9.17) is 0 Å². The molecule has 2 heterocycles. The predicted molar refractivity (Wildman–Crippen MR) is 86.9 cm³/mol. The van der Waals surface area contributed by atoms with Crippen LogP contribution < -0.4 is 0 Å². The van der Waals surface area contributed by atoms with Crippen LogP contribution in [0.25, 0.3) is 0 Å². The third kappa shape index (κ3) is 6.32. The van der Waals surface area contributed by atoms with Gasteiger partial charge in [-0.2, -0.15) is 10.0 Å². The Kier molecular flexibility index (Phi) is 13.2. The molecule has 0 aromatic carbocycles. The zero-order valence-corrected chi connectivity index (χ0v) is 16.3. The van der Waals surface area contributed by atoms with Crippen molar-refractivity contribution < 1.29 is 16.5 Å². The molecule has 2 aliphatic heterocycles. The van der Waals surface area contributed by atoms with Crippen molar-refractivity contribution in [2.45, 2.75) is 26.2 Å². The average molecular weight is 345 g/mol.